The number of hydrogen-bond donors (Lipinski definition) is 2. The Balaban J connectivity index is 2.26. The summed E-state index contributed by atoms with van der Waals surface area (Å²) < 4.78 is 0. The van der Waals surface area contributed by atoms with E-state index in [1.165, 1.54) is 19.3 Å². The molecule has 4 nitrogen and oxygen atoms in total. The molecule has 0 spiro atoms. The summed E-state index contributed by atoms with van der Waals surface area (Å²) in [4.78, 5) is 13.5. The van der Waals surface area contributed by atoms with Crippen molar-refractivity contribution in [2.45, 2.75) is 38.3 Å². The van der Waals surface area contributed by atoms with Crippen molar-refractivity contribution in [2.75, 3.05) is 20.1 Å². The van der Waals surface area contributed by atoms with Crippen LogP contribution >= 0.6 is 0 Å². The first-order chi connectivity index (χ1) is 6.61. The third-order valence-corrected chi connectivity index (χ3v) is 2.85. The molecular weight excluding hydrogens is 178 g/mol. The van der Waals surface area contributed by atoms with Gasteiger partial charge in [0.25, 0.3) is 0 Å². The highest BCUT2D eigenvalue weighted by Gasteiger charge is 2.19. The standard InChI is InChI=1S/C10H21N3O/c1-8(11)10(14)12-7-9-5-3-4-6-13(9)2/h8-9H,3-7,11H2,1-2H3,(H,12,14)/t8-,9?/m0/s1. The Morgan fingerprint density at radius 1 is 1.64 bits per heavy atom. The topological polar surface area (TPSA) is 58.4 Å². The molecule has 4 heteroatoms. The number of rotatable bonds is 3. The molecule has 0 aromatic rings. The van der Waals surface area contributed by atoms with Crippen molar-refractivity contribution in [1.29, 1.82) is 0 Å². The van der Waals surface area contributed by atoms with Gasteiger partial charge in [-0.1, -0.05) is 6.42 Å². The van der Waals surface area contributed by atoms with Gasteiger partial charge in [0, 0.05) is 12.6 Å². The number of nitrogens with zero attached hydrogens (tertiary/aromatic N) is 1. The Kier molecular flexibility index (Phi) is 4.35. The van der Waals surface area contributed by atoms with Gasteiger partial charge in [-0.15, -0.1) is 0 Å². The summed E-state index contributed by atoms with van der Waals surface area (Å²) in [7, 11) is 2.11. The molecule has 0 aliphatic carbocycles. The van der Waals surface area contributed by atoms with Gasteiger partial charge in [0.05, 0.1) is 6.04 Å². The summed E-state index contributed by atoms with van der Waals surface area (Å²) in [6, 6.07) is 0.0929. The lowest BCUT2D eigenvalue weighted by Gasteiger charge is -2.32. The van der Waals surface area contributed by atoms with Crippen LogP contribution in [0.5, 0.6) is 0 Å². The zero-order valence-corrected chi connectivity index (χ0v) is 9.12. The van der Waals surface area contributed by atoms with E-state index in [-0.39, 0.29) is 5.91 Å². The summed E-state index contributed by atoms with van der Waals surface area (Å²) in [5.41, 5.74) is 5.46. The van der Waals surface area contributed by atoms with E-state index in [1.807, 2.05) is 0 Å². The maximum absolute atomic E-state index is 11.2. The van der Waals surface area contributed by atoms with Gasteiger partial charge in [0.1, 0.15) is 0 Å². The van der Waals surface area contributed by atoms with Gasteiger partial charge in [-0.25, -0.2) is 0 Å². The molecular formula is C10H21N3O. The lowest BCUT2D eigenvalue weighted by atomic mass is 10.0. The lowest BCUT2D eigenvalue weighted by molar-refractivity contribution is -0.122. The van der Waals surface area contributed by atoms with Crippen LogP contribution < -0.4 is 11.1 Å². The van der Waals surface area contributed by atoms with Crippen LogP contribution in [-0.2, 0) is 4.79 Å². The number of amides is 1. The van der Waals surface area contributed by atoms with Crippen molar-refractivity contribution in [3.05, 3.63) is 0 Å². The number of piperidine rings is 1. The Hall–Kier alpha value is -0.610. The molecule has 1 aliphatic heterocycles. The maximum Gasteiger partial charge on any atom is 0.236 e. The fraction of sp³-hybridized carbons (Fsp3) is 0.900. The van der Waals surface area contributed by atoms with E-state index < -0.39 is 6.04 Å². The zero-order chi connectivity index (χ0) is 10.6. The molecule has 1 aliphatic rings. The van der Waals surface area contributed by atoms with Crippen LogP contribution in [0, 0.1) is 0 Å². The molecule has 0 aromatic heterocycles. The Bertz CT molecular complexity index is 194. The number of carbonyl (C=O) groups is 1. The largest absolute Gasteiger partial charge is 0.353 e. The fourth-order valence-electron chi connectivity index (χ4n) is 1.78. The molecule has 82 valence electrons. The van der Waals surface area contributed by atoms with E-state index in [0.29, 0.717) is 6.04 Å². The molecule has 0 bridgehead atoms. The third-order valence-electron chi connectivity index (χ3n) is 2.85. The highest BCUT2D eigenvalue weighted by molar-refractivity contribution is 5.80. The minimum absolute atomic E-state index is 0.0519. The average Bonchev–Trinajstić information content (AvgIpc) is 2.16. The smallest absolute Gasteiger partial charge is 0.236 e. The van der Waals surface area contributed by atoms with Crippen LogP contribution in [0.1, 0.15) is 26.2 Å². The van der Waals surface area contributed by atoms with Gasteiger partial charge < -0.3 is 16.0 Å². The SMILES string of the molecule is C[C@H](N)C(=O)NCC1CCCCN1C. The second-order valence-electron chi connectivity index (χ2n) is 4.16. The number of nitrogens with two attached hydrogens (primary N) is 1. The Labute approximate surface area is 85.8 Å². The van der Waals surface area contributed by atoms with Crippen molar-refractivity contribution < 1.29 is 4.79 Å². The van der Waals surface area contributed by atoms with E-state index in [0.717, 1.165) is 13.1 Å². The normalized spacial score (nSPS) is 25.8. The Morgan fingerprint density at radius 2 is 2.36 bits per heavy atom. The number of likely N-dealkylation sites (tertiary alicyclic amines) is 1. The molecule has 1 amide bonds. The molecule has 3 N–H and O–H groups in total. The van der Waals surface area contributed by atoms with Crippen molar-refractivity contribution in [3.8, 4) is 0 Å². The summed E-state index contributed by atoms with van der Waals surface area (Å²) in [6.07, 6.45) is 3.72. The van der Waals surface area contributed by atoms with E-state index in [9.17, 15) is 4.79 Å². The minimum Gasteiger partial charge on any atom is -0.353 e. The van der Waals surface area contributed by atoms with E-state index in [2.05, 4.69) is 17.3 Å². The predicted octanol–water partition coefficient (Wildman–Crippen LogP) is -0.0659. The molecule has 0 radical (unpaired) electrons. The molecule has 14 heavy (non-hydrogen) atoms. The van der Waals surface area contributed by atoms with Gasteiger partial charge in [0.15, 0.2) is 0 Å². The highest BCUT2D eigenvalue weighted by Crippen LogP contribution is 2.13. The van der Waals surface area contributed by atoms with Crippen molar-refractivity contribution >= 4 is 5.91 Å². The molecule has 1 unspecified atom stereocenters. The van der Waals surface area contributed by atoms with Gasteiger partial charge in [-0.3, -0.25) is 4.79 Å². The third kappa shape index (κ3) is 3.27. The molecule has 1 fully saturated rings. The van der Waals surface area contributed by atoms with Gasteiger partial charge in [-0.2, -0.15) is 0 Å². The van der Waals surface area contributed by atoms with Crippen LogP contribution in [-0.4, -0.2) is 43.0 Å². The number of hydrogen-bond acceptors (Lipinski definition) is 3. The average molecular weight is 199 g/mol. The van der Waals surface area contributed by atoms with E-state index in [1.54, 1.807) is 6.92 Å². The summed E-state index contributed by atoms with van der Waals surface area (Å²) >= 11 is 0. The van der Waals surface area contributed by atoms with Crippen LogP contribution in [0.25, 0.3) is 0 Å². The first-order valence-corrected chi connectivity index (χ1v) is 5.35. The molecule has 1 rings (SSSR count). The van der Waals surface area contributed by atoms with Crippen LogP contribution in [0.4, 0.5) is 0 Å². The highest BCUT2D eigenvalue weighted by atomic mass is 16.2. The van der Waals surface area contributed by atoms with Gasteiger partial charge in [-0.05, 0) is 33.4 Å². The number of nitrogens with one attached hydrogen (secondary N) is 1. The monoisotopic (exact) mass is 199 g/mol. The second kappa shape index (κ2) is 5.32. The number of carbonyl (C=O) groups excluding carboxylic acids is 1. The molecule has 1 heterocycles. The van der Waals surface area contributed by atoms with E-state index in [4.69, 9.17) is 5.73 Å². The molecule has 0 aromatic carbocycles. The summed E-state index contributed by atoms with van der Waals surface area (Å²) in [5, 5.41) is 2.88. The van der Waals surface area contributed by atoms with Crippen LogP contribution in [0.3, 0.4) is 0 Å². The van der Waals surface area contributed by atoms with Crippen LogP contribution in [0.15, 0.2) is 0 Å². The molecule has 0 saturated carbocycles. The predicted molar refractivity (Wildman–Crippen MR) is 56.9 cm³/mol. The Morgan fingerprint density at radius 3 is 2.93 bits per heavy atom. The van der Waals surface area contributed by atoms with Crippen molar-refractivity contribution in [1.82, 2.24) is 10.2 Å². The number of likely N-dealkylation sites (N-methyl/N-ethyl adjacent to an activating group) is 1. The fourth-order valence-corrected chi connectivity index (χ4v) is 1.78. The first-order valence-electron chi connectivity index (χ1n) is 5.35. The van der Waals surface area contributed by atoms with Gasteiger partial charge >= 0.3 is 0 Å². The quantitative estimate of drug-likeness (QED) is 0.669. The van der Waals surface area contributed by atoms with Crippen LogP contribution in [0.2, 0.25) is 0 Å². The second-order valence-corrected chi connectivity index (χ2v) is 4.16. The molecule has 2 atom stereocenters. The first kappa shape index (κ1) is 11.5. The summed E-state index contributed by atoms with van der Waals surface area (Å²) in [6.45, 7) is 3.58. The van der Waals surface area contributed by atoms with Crippen molar-refractivity contribution in [2.24, 2.45) is 5.73 Å². The van der Waals surface area contributed by atoms with E-state index >= 15 is 0 Å². The lowest BCUT2D eigenvalue weighted by Crippen LogP contribution is -2.47. The summed E-state index contributed by atoms with van der Waals surface area (Å²) in [5.74, 6) is -0.0519. The maximum atomic E-state index is 11.2. The minimum atomic E-state index is -0.399. The van der Waals surface area contributed by atoms with Gasteiger partial charge in [0.2, 0.25) is 5.91 Å². The van der Waals surface area contributed by atoms with Crippen molar-refractivity contribution in [3.63, 3.8) is 0 Å². The zero-order valence-electron chi connectivity index (χ0n) is 9.12. The molecule has 1 saturated heterocycles.